The van der Waals surface area contributed by atoms with Gasteiger partial charge >= 0.3 is 5.56 Å². The van der Waals surface area contributed by atoms with Crippen molar-refractivity contribution in [2.24, 2.45) is 0 Å². The lowest BCUT2D eigenvalue weighted by Gasteiger charge is -1.99. The van der Waals surface area contributed by atoms with E-state index in [9.17, 15) is 4.79 Å². The molecule has 0 spiro atoms. The summed E-state index contributed by atoms with van der Waals surface area (Å²) < 4.78 is 6.37. The van der Waals surface area contributed by atoms with Gasteiger partial charge < -0.3 is 4.74 Å². The summed E-state index contributed by atoms with van der Waals surface area (Å²) >= 11 is 1.31. The van der Waals surface area contributed by atoms with Gasteiger partial charge in [0, 0.05) is 5.56 Å². The van der Waals surface area contributed by atoms with Crippen LogP contribution in [0.4, 0.5) is 0 Å². The zero-order chi connectivity index (χ0) is 14.4. The summed E-state index contributed by atoms with van der Waals surface area (Å²) in [6.07, 6.45) is 0. The van der Waals surface area contributed by atoms with E-state index in [0.717, 1.165) is 11.3 Å². The lowest BCUT2D eigenvalue weighted by Crippen LogP contribution is -2.15. The van der Waals surface area contributed by atoms with Gasteiger partial charge in [-0.1, -0.05) is 11.3 Å². The number of hydrogen-bond donors (Lipinski definition) is 1. The second-order valence-corrected chi connectivity index (χ2v) is 5.20. The van der Waals surface area contributed by atoms with Crippen LogP contribution >= 0.6 is 11.3 Å². The molecule has 21 heavy (non-hydrogen) atoms. The molecular weight excluding hydrogens is 292 g/mol. The molecule has 0 unspecified atom stereocenters. The maximum atomic E-state index is 12.2. The zero-order valence-corrected chi connectivity index (χ0v) is 11.6. The molecule has 4 aromatic rings. The smallest absolute Gasteiger partial charge is 0.305 e. The Balaban J connectivity index is 1.93. The largest absolute Gasteiger partial charge is 0.497 e. The number of rotatable bonds is 2. The molecule has 1 N–H and O–H groups in total. The molecule has 0 radical (unpaired) electrons. The predicted octanol–water partition coefficient (Wildman–Crippen LogP) is 1.10. The summed E-state index contributed by atoms with van der Waals surface area (Å²) in [6, 6.07) is 7.44. The Morgan fingerprint density at radius 1 is 1.24 bits per heavy atom. The molecule has 3 heterocycles. The third-order valence-electron chi connectivity index (χ3n) is 3.02. The molecule has 0 bridgehead atoms. The molecule has 1 aromatic carbocycles. The Morgan fingerprint density at radius 3 is 2.81 bits per heavy atom. The summed E-state index contributed by atoms with van der Waals surface area (Å²) in [4.78, 5) is 17.0. The lowest BCUT2D eigenvalue weighted by atomic mass is 10.2. The van der Waals surface area contributed by atoms with Crippen LogP contribution in [0.2, 0.25) is 0 Å². The van der Waals surface area contributed by atoms with Gasteiger partial charge in [0.15, 0.2) is 5.52 Å². The van der Waals surface area contributed by atoms with Crippen LogP contribution in [0.5, 0.6) is 5.75 Å². The monoisotopic (exact) mass is 300 g/mol. The summed E-state index contributed by atoms with van der Waals surface area (Å²) in [6.45, 7) is 0. The van der Waals surface area contributed by atoms with Crippen molar-refractivity contribution in [3.63, 3.8) is 0 Å². The topological polar surface area (TPSA) is 98.1 Å². The first-order valence-corrected chi connectivity index (χ1v) is 6.83. The van der Waals surface area contributed by atoms with E-state index >= 15 is 0 Å². The van der Waals surface area contributed by atoms with Crippen molar-refractivity contribution in [3.05, 3.63) is 34.6 Å². The average molecular weight is 300 g/mol. The Labute approximate surface area is 121 Å². The number of hydrogen-bond acceptors (Lipinski definition) is 7. The maximum Gasteiger partial charge on any atom is 0.305 e. The van der Waals surface area contributed by atoms with Crippen molar-refractivity contribution in [2.45, 2.75) is 0 Å². The van der Waals surface area contributed by atoms with E-state index in [1.165, 1.54) is 15.9 Å². The molecule has 0 aliphatic heterocycles. The molecule has 0 aliphatic carbocycles. The highest BCUT2D eigenvalue weighted by atomic mass is 32.1. The SMILES string of the molecule is COc1ccc(-c2nn3c(=O)c4n[nH]nc4nc3s2)cc1. The van der Waals surface area contributed by atoms with E-state index in [0.29, 0.717) is 15.6 Å². The van der Waals surface area contributed by atoms with Crippen molar-refractivity contribution in [3.8, 4) is 16.3 Å². The highest BCUT2D eigenvalue weighted by molar-refractivity contribution is 7.19. The lowest BCUT2D eigenvalue weighted by molar-refractivity contribution is 0.415. The number of nitrogens with one attached hydrogen (secondary N) is 1. The Kier molecular flexibility index (Phi) is 2.48. The second-order valence-electron chi connectivity index (χ2n) is 4.24. The van der Waals surface area contributed by atoms with Crippen molar-refractivity contribution in [1.82, 2.24) is 30.0 Å². The first kappa shape index (κ1) is 12.0. The number of fused-ring (bicyclic) bond motifs is 2. The van der Waals surface area contributed by atoms with E-state index in [2.05, 4.69) is 25.5 Å². The van der Waals surface area contributed by atoms with Gasteiger partial charge in [-0.15, -0.1) is 10.2 Å². The zero-order valence-electron chi connectivity index (χ0n) is 10.8. The van der Waals surface area contributed by atoms with Gasteiger partial charge in [0.25, 0.3) is 0 Å². The van der Waals surface area contributed by atoms with Crippen molar-refractivity contribution < 1.29 is 4.74 Å². The minimum absolute atomic E-state index is 0.180. The van der Waals surface area contributed by atoms with E-state index in [1.807, 2.05) is 24.3 Å². The molecule has 4 rings (SSSR count). The van der Waals surface area contributed by atoms with Gasteiger partial charge in [-0.05, 0) is 24.3 Å². The van der Waals surface area contributed by atoms with Crippen LogP contribution < -0.4 is 10.3 Å². The third kappa shape index (κ3) is 1.78. The number of aromatic nitrogens is 6. The summed E-state index contributed by atoms with van der Waals surface area (Å²) in [5, 5.41) is 15.0. The van der Waals surface area contributed by atoms with Gasteiger partial charge in [0.2, 0.25) is 10.6 Å². The van der Waals surface area contributed by atoms with E-state index in [-0.39, 0.29) is 11.1 Å². The van der Waals surface area contributed by atoms with Crippen LogP contribution in [0.25, 0.3) is 26.7 Å². The highest BCUT2D eigenvalue weighted by Crippen LogP contribution is 2.26. The molecule has 8 nitrogen and oxygen atoms in total. The molecule has 0 atom stereocenters. The molecule has 9 heteroatoms. The Hall–Kier alpha value is -2.81. The van der Waals surface area contributed by atoms with Crippen molar-refractivity contribution in [1.29, 1.82) is 0 Å². The number of H-pyrrole nitrogens is 1. The fourth-order valence-electron chi connectivity index (χ4n) is 1.97. The van der Waals surface area contributed by atoms with Crippen molar-refractivity contribution >= 4 is 27.5 Å². The molecule has 0 saturated carbocycles. The second kappa shape index (κ2) is 4.35. The minimum Gasteiger partial charge on any atom is -0.497 e. The summed E-state index contributed by atoms with van der Waals surface area (Å²) in [5.41, 5.74) is 1.03. The van der Waals surface area contributed by atoms with Crippen LogP contribution in [-0.2, 0) is 0 Å². The predicted molar refractivity (Wildman–Crippen MR) is 76.6 cm³/mol. The molecule has 0 amide bonds. The molecule has 0 aliphatic rings. The first-order valence-electron chi connectivity index (χ1n) is 6.01. The Bertz CT molecular complexity index is 1000. The summed E-state index contributed by atoms with van der Waals surface area (Å²) in [7, 11) is 1.61. The highest BCUT2D eigenvalue weighted by Gasteiger charge is 2.14. The molecule has 3 aromatic heterocycles. The first-order chi connectivity index (χ1) is 10.3. The quantitative estimate of drug-likeness (QED) is 0.595. The standard InChI is InChI=1S/C12H8N6O2S/c1-20-7-4-2-6(3-5-7)10-16-18-11(19)8-9(15-17-14-8)13-12(18)21-10/h2-5H,1H3,(H,14,15,17). The summed E-state index contributed by atoms with van der Waals surface area (Å²) in [5.74, 6) is 0.762. The number of nitrogens with zero attached hydrogens (tertiary/aromatic N) is 5. The Morgan fingerprint density at radius 2 is 2.05 bits per heavy atom. The van der Waals surface area contributed by atoms with Crippen LogP contribution in [-0.4, -0.2) is 37.1 Å². The number of aromatic amines is 1. The average Bonchev–Trinajstić information content (AvgIpc) is 3.14. The van der Waals surface area contributed by atoms with Gasteiger partial charge in [0.1, 0.15) is 10.8 Å². The van der Waals surface area contributed by atoms with Gasteiger partial charge in [-0.3, -0.25) is 4.79 Å². The van der Waals surface area contributed by atoms with Crippen molar-refractivity contribution in [2.75, 3.05) is 7.11 Å². The van der Waals surface area contributed by atoms with Gasteiger partial charge in [-0.2, -0.15) is 19.8 Å². The number of methoxy groups -OCH3 is 1. The fourth-order valence-corrected chi connectivity index (χ4v) is 2.87. The van der Waals surface area contributed by atoms with Crippen LogP contribution in [0.1, 0.15) is 0 Å². The fraction of sp³-hybridized carbons (Fsp3) is 0.0833. The minimum atomic E-state index is -0.334. The normalized spacial score (nSPS) is 11.3. The van der Waals surface area contributed by atoms with E-state index in [1.54, 1.807) is 7.11 Å². The van der Waals surface area contributed by atoms with Crippen LogP contribution in [0.3, 0.4) is 0 Å². The molecule has 0 fully saturated rings. The molecule has 104 valence electrons. The van der Waals surface area contributed by atoms with E-state index < -0.39 is 0 Å². The number of ether oxygens (including phenoxy) is 1. The molecule has 0 saturated heterocycles. The van der Waals surface area contributed by atoms with Gasteiger partial charge in [-0.25, -0.2) is 0 Å². The van der Waals surface area contributed by atoms with Gasteiger partial charge in [0.05, 0.1) is 7.11 Å². The number of benzene rings is 1. The third-order valence-corrected chi connectivity index (χ3v) is 3.98. The van der Waals surface area contributed by atoms with Crippen LogP contribution in [0, 0.1) is 0 Å². The molecular formula is C12H8N6O2S. The maximum absolute atomic E-state index is 12.2. The van der Waals surface area contributed by atoms with Crippen LogP contribution in [0.15, 0.2) is 29.1 Å². The van der Waals surface area contributed by atoms with E-state index in [4.69, 9.17) is 4.74 Å².